The number of carboxylic acid groups (broad SMARTS) is 1. The average Bonchev–Trinajstić information content (AvgIpc) is 2.82. The molecule has 8 nitrogen and oxygen atoms in total. The second-order valence-electron chi connectivity index (χ2n) is 5.67. The molecule has 0 aromatic heterocycles. The fourth-order valence-corrected chi connectivity index (χ4v) is 3.69. The van der Waals surface area contributed by atoms with Crippen LogP contribution >= 0.6 is 0 Å². The van der Waals surface area contributed by atoms with E-state index in [1.807, 2.05) is 6.92 Å². The standard InChI is InChI=1S/C16H21N3O5S/c1-2-3-7-12(16(22)17-10-9-14(20)21)18-15-11-6-4-5-8-13(11)25(23,24)19-15/h4-6,8,12H,2-3,7,9-10H2,1H3,(H,17,22)(H,18,19)(H,20,21). The van der Waals surface area contributed by atoms with Crippen LogP contribution in [0.2, 0.25) is 0 Å². The van der Waals surface area contributed by atoms with E-state index >= 15 is 0 Å². The van der Waals surface area contributed by atoms with E-state index in [1.54, 1.807) is 18.2 Å². The second-order valence-corrected chi connectivity index (χ2v) is 7.32. The summed E-state index contributed by atoms with van der Waals surface area (Å²) in [6.45, 7) is 1.98. The van der Waals surface area contributed by atoms with Crippen LogP contribution in [0.4, 0.5) is 0 Å². The lowest BCUT2D eigenvalue weighted by Gasteiger charge is -2.13. The fourth-order valence-electron chi connectivity index (χ4n) is 2.45. The molecule has 1 atom stereocenters. The molecule has 0 bridgehead atoms. The van der Waals surface area contributed by atoms with Crippen molar-refractivity contribution in [3.8, 4) is 0 Å². The van der Waals surface area contributed by atoms with E-state index in [-0.39, 0.29) is 23.7 Å². The Balaban J connectivity index is 2.23. The fraction of sp³-hybridized carbons (Fsp3) is 0.438. The number of benzene rings is 1. The summed E-state index contributed by atoms with van der Waals surface area (Å²) in [7, 11) is -3.66. The molecule has 0 fully saturated rings. The number of fused-ring (bicyclic) bond motifs is 1. The number of hydrogen-bond donors (Lipinski definition) is 3. The molecule has 1 aliphatic rings. The third kappa shape index (κ3) is 4.79. The number of nitrogens with zero attached hydrogens (tertiary/aromatic N) is 1. The second kappa shape index (κ2) is 8.11. The number of amides is 1. The summed E-state index contributed by atoms with van der Waals surface area (Å²) < 4.78 is 26.6. The molecule has 2 rings (SSSR count). The van der Waals surface area contributed by atoms with Gasteiger partial charge in [0.2, 0.25) is 5.91 Å². The summed E-state index contributed by atoms with van der Waals surface area (Å²) in [6.07, 6.45) is 1.86. The van der Waals surface area contributed by atoms with Gasteiger partial charge in [0.25, 0.3) is 10.0 Å². The van der Waals surface area contributed by atoms with E-state index in [0.29, 0.717) is 12.0 Å². The van der Waals surface area contributed by atoms with Crippen molar-refractivity contribution < 1.29 is 23.1 Å². The van der Waals surface area contributed by atoms with E-state index in [0.717, 1.165) is 12.8 Å². The Morgan fingerprint density at radius 3 is 2.72 bits per heavy atom. The first-order valence-corrected chi connectivity index (χ1v) is 9.53. The molecule has 1 heterocycles. The summed E-state index contributed by atoms with van der Waals surface area (Å²) in [5.41, 5.74) is 0.433. The monoisotopic (exact) mass is 367 g/mol. The molecule has 1 aliphatic heterocycles. The first kappa shape index (κ1) is 18.9. The van der Waals surface area contributed by atoms with Crippen molar-refractivity contribution in [3.63, 3.8) is 0 Å². The zero-order valence-electron chi connectivity index (χ0n) is 13.9. The Morgan fingerprint density at radius 1 is 1.32 bits per heavy atom. The molecule has 1 unspecified atom stereocenters. The number of sulfonamides is 1. The minimum Gasteiger partial charge on any atom is -0.481 e. The minimum atomic E-state index is -3.66. The molecule has 0 spiro atoms. The van der Waals surface area contributed by atoms with Gasteiger partial charge < -0.3 is 10.4 Å². The third-order valence-corrected chi connectivity index (χ3v) is 5.12. The maximum absolute atomic E-state index is 12.3. The molecule has 0 saturated carbocycles. The molecule has 1 amide bonds. The van der Waals surface area contributed by atoms with Crippen LogP contribution in [-0.4, -0.2) is 43.8 Å². The van der Waals surface area contributed by atoms with Gasteiger partial charge in [-0.3, -0.25) is 19.3 Å². The molecule has 136 valence electrons. The van der Waals surface area contributed by atoms with Crippen LogP contribution in [0.3, 0.4) is 0 Å². The van der Waals surface area contributed by atoms with Gasteiger partial charge in [-0.25, -0.2) is 8.42 Å². The van der Waals surface area contributed by atoms with Crippen LogP contribution < -0.4 is 10.0 Å². The zero-order chi connectivity index (χ0) is 18.4. The number of amidine groups is 1. The predicted molar refractivity (Wildman–Crippen MR) is 91.9 cm³/mol. The lowest BCUT2D eigenvalue weighted by atomic mass is 10.1. The molecule has 9 heteroatoms. The van der Waals surface area contributed by atoms with Crippen LogP contribution in [-0.2, 0) is 19.6 Å². The number of unbranched alkanes of at least 4 members (excludes halogenated alkanes) is 1. The topological polar surface area (TPSA) is 125 Å². The number of carbonyl (C=O) groups excluding carboxylic acids is 1. The zero-order valence-corrected chi connectivity index (χ0v) is 14.7. The molecule has 0 aliphatic carbocycles. The smallest absolute Gasteiger partial charge is 0.305 e. The number of hydrogen-bond acceptors (Lipinski definition) is 5. The van der Waals surface area contributed by atoms with E-state index in [2.05, 4.69) is 15.0 Å². The summed E-state index contributed by atoms with van der Waals surface area (Å²) in [4.78, 5) is 27.3. The van der Waals surface area contributed by atoms with Crippen molar-refractivity contribution >= 4 is 27.7 Å². The van der Waals surface area contributed by atoms with E-state index in [4.69, 9.17) is 5.11 Å². The molecular formula is C16H21N3O5S. The molecule has 0 saturated heterocycles. The van der Waals surface area contributed by atoms with Gasteiger partial charge in [0.1, 0.15) is 11.9 Å². The average molecular weight is 367 g/mol. The van der Waals surface area contributed by atoms with Crippen LogP contribution in [0.25, 0.3) is 0 Å². The third-order valence-electron chi connectivity index (χ3n) is 3.72. The van der Waals surface area contributed by atoms with Crippen molar-refractivity contribution in [2.24, 2.45) is 4.99 Å². The lowest BCUT2D eigenvalue weighted by Crippen LogP contribution is -2.36. The highest BCUT2D eigenvalue weighted by molar-refractivity contribution is 7.90. The Kier molecular flexibility index (Phi) is 6.13. The Labute approximate surface area is 146 Å². The predicted octanol–water partition coefficient (Wildman–Crippen LogP) is 0.875. The van der Waals surface area contributed by atoms with Crippen LogP contribution in [0.15, 0.2) is 34.2 Å². The molecule has 1 aromatic rings. The van der Waals surface area contributed by atoms with Gasteiger partial charge in [-0.2, -0.15) is 0 Å². The van der Waals surface area contributed by atoms with Gasteiger partial charge in [-0.05, 0) is 18.6 Å². The molecular weight excluding hydrogens is 346 g/mol. The number of aliphatic imine (C=N–C) groups is 1. The van der Waals surface area contributed by atoms with Crippen molar-refractivity contribution in [2.75, 3.05) is 6.54 Å². The number of carbonyl (C=O) groups is 2. The maximum atomic E-state index is 12.3. The minimum absolute atomic E-state index is 0.00393. The van der Waals surface area contributed by atoms with Gasteiger partial charge in [-0.15, -0.1) is 0 Å². The lowest BCUT2D eigenvalue weighted by molar-refractivity contribution is -0.136. The highest BCUT2D eigenvalue weighted by Crippen LogP contribution is 2.23. The Morgan fingerprint density at radius 2 is 2.04 bits per heavy atom. The Bertz CT molecular complexity index is 789. The summed E-state index contributed by atoms with van der Waals surface area (Å²) in [5.74, 6) is -1.27. The highest BCUT2D eigenvalue weighted by Gasteiger charge is 2.31. The van der Waals surface area contributed by atoms with Crippen molar-refractivity contribution in [2.45, 2.75) is 43.5 Å². The number of carboxylic acids is 1. The van der Waals surface area contributed by atoms with Crippen molar-refractivity contribution in [3.05, 3.63) is 29.8 Å². The summed E-state index contributed by atoms with van der Waals surface area (Å²) in [6, 6.07) is 5.65. The quantitative estimate of drug-likeness (QED) is 0.629. The van der Waals surface area contributed by atoms with E-state index in [9.17, 15) is 18.0 Å². The number of nitrogens with one attached hydrogen (secondary N) is 2. The first-order chi connectivity index (χ1) is 11.8. The van der Waals surface area contributed by atoms with Gasteiger partial charge in [0.05, 0.1) is 11.3 Å². The van der Waals surface area contributed by atoms with Crippen molar-refractivity contribution in [1.82, 2.24) is 10.0 Å². The number of aliphatic carboxylic acids is 1. The molecule has 0 radical (unpaired) electrons. The maximum Gasteiger partial charge on any atom is 0.305 e. The van der Waals surface area contributed by atoms with Gasteiger partial charge in [-0.1, -0.05) is 31.9 Å². The van der Waals surface area contributed by atoms with Crippen LogP contribution in [0, 0.1) is 0 Å². The number of rotatable bonds is 8. The first-order valence-electron chi connectivity index (χ1n) is 8.04. The highest BCUT2D eigenvalue weighted by atomic mass is 32.2. The Hall–Kier alpha value is -2.42. The SMILES string of the molecule is CCCCC(N=C1NS(=O)(=O)c2ccccc21)C(=O)NCCC(=O)O. The summed E-state index contributed by atoms with van der Waals surface area (Å²) in [5, 5.41) is 11.2. The van der Waals surface area contributed by atoms with Gasteiger partial charge >= 0.3 is 5.97 Å². The van der Waals surface area contributed by atoms with Crippen molar-refractivity contribution in [1.29, 1.82) is 0 Å². The molecule has 1 aromatic carbocycles. The molecule has 25 heavy (non-hydrogen) atoms. The van der Waals surface area contributed by atoms with E-state index in [1.165, 1.54) is 6.07 Å². The van der Waals surface area contributed by atoms with E-state index < -0.39 is 27.9 Å². The summed E-state index contributed by atoms with van der Waals surface area (Å²) >= 11 is 0. The van der Waals surface area contributed by atoms with Crippen LogP contribution in [0.1, 0.15) is 38.2 Å². The van der Waals surface area contributed by atoms with Gasteiger partial charge in [0, 0.05) is 12.1 Å². The van der Waals surface area contributed by atoms with Gasteiger partial charge in [0.15, 0.2) is 0 Å². The molecule has 3 N–H and O–H groups in total. The normalized spacial score (nSPS) is 17.6. The largest absolute Gasteiger partial charge is 0.481 e. The van der Waals surface area contributed by atoms with Crippen LogP contribution in [0.5, 0.6) is 0 Å².